The summed E-state index contributed by atoms with van der Waals surface area (Å²) in [5.41, 5.74) is 0.339. The Kier molecular flexibility index (Phi) is 7.88. The van der Waals surface area contributed by atoms with E-state index in [1.54, 1.807) is 24.8 Å². The first kappa shape index (κ1) is 22.7. The molecule has 26 heavy (non-hydrogen) atoms. The number of hydrogen-bond donors (Lipinski definition) is 2. The molecule has 7 nitrogen and oxygen atoms in total. The maximum Gasteiger partial charge on any atom is 0.254 e. The summed E-state index contributed by atoms with van der Waals surface area (Å²) in [5.74, 6) is 0.0379. The highest BCUT2D eigenvalue weighted by Gasteiger charge is 2.30. The minimum atomic E-state index is -3.77. The molecule has 2 N–H and O–H groups in total. The van der Waals surface area contributed by atoms with Gasteiger partial charge in [0.25, 0.3) is 5.91 Å². The largest absolute Gasteiger partial charge is 0.495 e. The number of methoxy groups -OCH3 is 1. The fourth-order valence-corrected chi connectivity index (χ4v) is 4.35. The van der Waals surface area contributed by atoms with E-state index in [9.17, 15) is 13.2 Å². The van der Waals surface area contributed by atoms with Crippen molar-refractivity contribution in [1.29, 1.82) is 0 Å². The van der Waals surface area contributed by atoms with Crippen LogP contribution in [0.1, 0.15) is 38.1 Å². The molecule has 2 unspecified atom stereocenters. The zero-order valence-electron chi connectivity index (χ0n) is 15.8. The summed E-state index contributed by atoms with van der Waals surface area (Å²) in [5, 5.41) is 3.32. The summed E-state index contributed by atoms with van der Waals surface area (Å²) in [6, 6.07) is 4.47. The molecule has 1 fully saturated rings. The van der Waals surface area contributed by atoms with Crippen LogP contribution < -0.4 is 14.8 Å². The summed E-state index contributed by atoms with van der Waals surface area (Å²) < 4.78 is 32.8. The van der Waals surface area contributed by atoms with Gasteiger partial charge in [0.2, 0.25) is 10.0 Å². The van der Waals surface area contributed by atoms with Gasteiger partial charge in [-0.3, -0.25) is 4.79 Å². The van der Waals surface area contributed by atoms with Gasteiger partial charge in [0.1, 0.15) is 10.6 Å². The Morgan fingerprint density at radius 3 is 2.58 bits per heavy atom. The van der Waals surface area contributed by atoms with Crippen LogP contribution in [-0.2, 0) is 10.0 Å². The van der Waals surface area contributed by atoms with E-state index in [0.717, 1.165) is 0 Å². The second-order valence-electron chi connectivity index (χ2n) is 6.62. The zero-order chi connectivity index (χ0) is 18.8. The van der Waals surface area contributed by atoms with Gasteiger partial charge in [0, 0.05) is 36.8 Å². The summed E-state index contributed by atoms with van der Waals surface area (Å²) in [6.45, 7) is 8.79. The van der Waals surface area contributed by atoms with Crippen molar-refractivity contribution in [2.24, 2.45) is 0 Å². The Labute approximate surface area is 161 Å². The van der Waals surface area contributed by atoms with Crippen molar-refractivity contribution in [3.63, 3.8) is 0 Å². The van der Waals surface area contributed by atoms with Crippen LogP contribution in [0.2, 0.25) is 0 Å². The number of ether oxygens (including phenoxy) is 1. The fourth-order valence-electron chi connectivity index (χ4n) is 2.90. The molecule has 1 aliphatic heterocycles. The number of amides is 1. The van der Waals surface area contributed by atoms with Gasteiger partial charge in [0.05, 0.1) is 7.11 Å². The van der Waals surface area contributed by atoms with Crippen LogP contribution >= 0.6 is 12.4 Å². The topological polar surface area (TPSA) is 87.7 Å². The molecular formula is C17H28ClN3O4S. The molecule has 9 heteroatoms. The van der Waals surface area contributed by atoms with Gasteiger partial charge in [-0.1, -0.05) is 0 Å². The summed E-state index contributed by atoms with van der Waals surface area (Å²) in [4.78, 5) is 14.6. The number of sulfonamides is 1. The normalized spacial score (nSPS) is 20.6. The van der Waals surface area contributed by atoms with Gasteiger partial charge >= 0.3 is 0 Å². The molecule has 1 aliphatic rings. The number of carbonyl (C=O) groups is 1. The second kappa shape index (κ2) is 9.03. The molecule has 0 bridgehead atoms. The maximum absolute atomic E-state index is 12.9. The van der Waals surface area contributed by atoms with E-state index >= 15 is 0 Å². The minimum Gasteiger partial charge on any atom is -0.495 e. The van der Waals surface area contributed by atoms with Crippen LogP contribution in [0.4, 0.5) is 0 Å². The molecular weight excluding hydrogens is 378 g/mol. The van der Waals surface area contributed by atoms with Gasteiger partial charge in [0.15, 0.2) is 0 Å². The number of nitrogens with zero attached hydrogens (tertiary/aromatic N) is 1. The number of halogens is 1. The lowest BCUT2D eigenvalue weighted by molar-refractivity contribution is 0.0602. The molecule has 1 saturated heterocycles. The number of hydrogen-bond acceptors (Lipinski definition) is 5. The Morgan fingerprint density at radius 1 is 1.35 bits per heavy atom. The Balaban J connectivity index is 0.00000338. The Bertz CT molecular complexity index is 740. The van der Waals surface area contributed by atoms with E-state index in [2.05, 4.69) is 10.0 Å². The standard InChI is InChI=1S/C17H27N3O4S.ClH/c1-11(2)19-25(22,23)16-10-14(6-7-15(16)24-5)17(21)20-9-8-18-12(3)13(20)4;/h6-7,10-13,18-19H,8-9H2,1-5H3;1H. The highest BCUT2D eigenvalue weighted by Crippen LogP contribution is 2.26. The smallest absolute Gasteiger partial charge is 0.254 e. The molecule has 2 atom stereocenters. The Hall–Kier alpha value is -1.35. The first-order valence-corrected chi connectivity index (χ1v) is 9.90. The predicted octanol–water partition coefficient (Wildman–Crippen LogP) is 1.63. The van der Waals surface area contributed by atoms with E-state index in [-0.39, 0.29) is 47.1 Å². The van der Waals surface area contributed by atoms with Gasteiger partial charge < -0.3 is 15.0 Å². The van der Waals surface area contributed by atoms with E-state index in [1.807, 2.05) is 13.8 Å². The van der Waals surface area contributed by atoms with Crippen LogP contribution in [0, 0.1) is 0 Å². The molecule has 148 valence electrons. The van der Waals surface area contributed by atoms with Crippen LogP contribution in [0.15, 0.2) is 23.1 Å². The third-order valence-corrected chi connectivity index (χ3v) is 6.07. The van der Waals surface area contributed by atoms with Crippen molar-refractivity contribution in [2.75, 3.05) is 20.2 Å². The van der Waals surface area contributed by atoms with Gasteiger partial charge in [-0.25, -0.2) is 13.1 Å². The molecule has 0 aromatic heterocycles. The van der Waals surface area contributed by atoms with Crippen LogP contribution in [0.5, 0.6) is 5.75 Å². The zero-order valence-corrected chi connectivity index (χ0v) is 17.4. The SMILES string of the molecule is COc1ccc(C(=O)N2CCNC(C)C2C)cc1S(=O)(=O)NC(C)C.Cl. The van der Waals surface area contributed by atoms with Gasteiger partial charge in [-0.2, -0.15) is 0 Å². The van der Waals surface area contributed by atoms with Crippen LogP contribution in [0.3, 0.4) is 0 Å². The third kappa shape index (κ3) is 4.88. The summed E-state index contributed by atoms with van der Waals surface area (Å²) in [6.07, 6.45) is 0. The lowest BCUT2D eigenvalue weighted by Gasteiger charge is -2.38. The molecule has 2 rings (SSSR count). The summed E-state index contributed by atoms with van der Waals surface area (Å²) in [7, 11) is -2.36. The predicted molar refractivity (Wildman–Crippen MR) is 104 cm³/mol. The first-order chi connectivity index (χ1) is 11.7. The van der Waals surface area contributed by atoms with Crippen molar-refractivity contribution in [1.82, 2.24) is 14.9 Å². The van der Waals surface area contributed by atoms with E-state index < -0.39 is 10.0 Å². The monoisotopic (exact) mass is 405 g/mol. The quantitative estimate of drug-likeness (QED) is 0.777. The molecule has 1 heterocycles. The Morgan fingerprint density at radius 2 is 2.00 bits per heavy atom. The van der Waals surface area contributed by atoms with Crippen LogP contribution in [-0.4, -0.2) is 57.5 Å². The number of carbonyl (C=O) groups excluding carboxylic acids is 1. The lowest BCUT2D eigenvalue weighted by atomic mass is 10.1. The summed E-state index contributed by atoms with van der Waals surface area (Å²) >= 11 is 0. The number of benzene rings is 1. The average Bonchev–Trinajstić information content (AvgIpc) is 2.55. The maximum atomic E-state index is 12.9. The highest BCUT2D eigenvalue weighted by molar-refractivity contribution is 7.89. The van der Waals surface area contributed by atoms with E-state index in [1.165, 1.54) is 19.2 Å². The first-order valence-electron chi connectivity index (χ1n) is 8.42. The molecule has 0 radical (unpaired) electrons. The van der Waals surface area contributed by atoms with Crippen molar-refractivity contribution in [3.05, 3.63) is 23.8 Å². The molecule has 1 aromatic rings. The lowest BCUT2D eigenvalue weighted by Crippen LogP contribution is -2.57. The highest BCUT2D eigenvalue weighted by atomic mass is 35.5. The molecule has 0 aliphatic carbocycles. The van der Waals surface area contributed by atoms with Crippen molar-refractivity contribution in [2.45, 2.75) is 50.7 Å². The van der Waals surface area contributed by atoms with E-state index in [4.69, 9.17) is 4.74 Å². The molecule has 1 aromatic carbocycles. The molecule has 1 amide bonds. The van der Waals surface area contributed by atoms with Crippen molar-refractivity contribution >= 4 is 28.3 Å². The van der Waals surface area contributed by atoms with Gasteiger partial charge in [-0.15, -0.1) is 12.4 Å². The van der Waals surface area contributed by atoms with Gasteiger partial charge in [-0.05, 0) is 45.9 Å². The van der Waals surface area contributed by atoms with Crippen LogP contribution in [0.25, 0.3) is 0 Å². The van der Waals surface area contributed by atoms with Crippen molar-refractivity contribution in [3.8, 4) is 5.75 Å². The minimum absolute atomic E-state index is 0. The van der Waals surface area contributed by atoms with Crippen molar-refractivity contribution < 1.29 is 17.9 Å². The second-order valence-corrected chi connectivity index (χ2v) is 8.31. The number of piperazine rings is 1. The molecule has 0 saturated carbocycles. The average molecular weight is 406 g/mol. The molecule has 0 spiro atoms. The fraction of sp³-hybridized carbons (Fsp3) is 0.588. The number of rotatable bonds is 5. The van der Waals surface area contributed by atoms with E-state index in [0.29, 0.717) is 18.7 Å². The third-order valence-electron chi connectivity index (χ3n) is 4.39. The number of nitrogens with one attached hydrogen (secondary N) is 2.